The minimum atomic E-state index is 0.136. The zero-order valence-electron chi connectivity index (χ0n) is 12.9. The van der Waals surface area contributed by atoms with E-state index in [9.17, 15) is 4.79 Å². The Kier molecular flexibility index (Phi) is 4.65. The molecule has 1 aromatic rings. The van der Waals surface area contributed by atoms with Crippen molar-refractivity contribution < 1.29 is 4.79 Å². The quantitative estimate of drug-likeness (QED) is 0.893. The molecule has 0 saturated carbocycles. The van der Waals surface area contributed by atoms with Crippen LogP contribution in [0.1, 0.15) is 29.8 Å². The van der Waals surface area contributed by atoms with Gasteiger partial charge in [0.25, 0.3) is 5.91 Å². The van der Waals surface area contributed by atoms with Crippen molar-refractivity contribution in [1.29, 1.82) is 0 Å². The number of benzene rings is 1. The third-order valence-corrected chi connectivity index (χ3v) is 3.82. The molecule has 1 aromatic carbocycles. The summed E-state index contributed by atoms with van der Waals surface area (Å²) in [7, 11) is 4.08. The highest BCUT2D eigenvalue weighted by molar-refractivity contribution is 5.95. The summed E-state index contributed by atoms with van der Waals surface area (Å²) in [6, 6.07) is 6.22. The molecule has 1 aliphatic rings. The summed E-state index contributed by atoms with van der Waals surface area (Å²) >= 11 is 0. The predicted octanol–water partition coefficient (Wildman–Crippen LogP) is 2.07. The van der Waals surface area contributed by atoms with Gasteiger partial charge in [-0.1, -0.05) is 0 Å². The number of carbonyl (C=O) groups is 1. The highest BCUT2D eigenvalue weighted by Crippen LogP contribution is 2.24. The summed E-state index contributed by atoms with van der Waals surface area (Å²) in [6.45, 7) is 6.74. The van der Waals surface area contributed by atoms with Crippen LogP contribution in [0.2, 0.25) is 0 Å². The first-order valence-corrected chi connectivity index (χ1v) is 7.35. The second-order valence-corrected chi connectivity index (χ2v) is 5.75. The second kappa shape index (κ2) is 6.27. The van der Waals surface area contributed by atoms with Gasteiger partial charge in [-0.15, -0.1) is 0 Å². The Morgan fingerprint density at radius 1 is 1.40 bits per heavy atom. The Morgan fingerprint density at radius 3 is 2.80 bits per heavy atom. The van der Waals surface area contributed by atoms with Gasteiger partial charge >= 0.3 is 0 Å². The molecule has 110 valence electrons. The first-order chi connectivity index (χ1) is 9.52. The third kappa shape index (κ3) is 3.12. The lowest BCUT2D eigenvalue weighted by Gasteiger charge is -2.30. The lowest BCUT2D eigenvalue weighted by atomic mass is 10.1. The molecule has 2 rings (SSSR count). The monoisotopic (exact) mass is 275 g/mol. The highest BCUT2D eigenvalue weighted by Gasteiger charge is 2.21. The summed E-state index contributed by atoms with van der Waals surface area (Å²) in [6.07, 6.45) is 1.01. The molecular formula is C16H25N3O. The zero-order chi connectivity index (χ0) is 14.7. The Morgan fingerprint density at radius 2 is 2.15 bits per heavy atom. The second-order valence-electron chi connectivity index (χ2n) is 5.75. The van der Waals surface area contributed by atoms with Gasteiger partial charge in [-0.2, -0.15) is 0 Å². The lowest BCUT2D eigenvalue weighted by Crippen LogP contribution is -2.43. The Hall–Kier alpha value is -1.55. The van der Waals surface area contributed by atoms with Gasteiger partial charge in [-0.05, 0) is 58.1 Å². The first kappa shape index (κ1) is 14.9. The fourth-order valence-electron chi connectivity index (χ4n) is 2.89. The first-order valence-electron chi connectivity index (χ1n) is 7.35. The maximum Gasteiger partial charge on any atom is 0.254 e. The molecule has 4 heteroatoms. The lowest BCUT2D eigenvalue weighted by molar-refractivity contribution is 0.0679. The van der Waals surface area contributed by atoms with Gasteiger partial charge in [0.05, 0.1) is 0 Å². The van der Waals surface area contributed by atoms with Crippen molar-refractivity contribution >= 4 is 11.6 Å². The van der Waals surface area contributed by atoms with Gasteiger partial charge in [0.2, 0.25) is 0 Å². The predicted molar refractivity (Wildman–Crippen MR) is 83.4 cm³/mol. The SMILES string of the molecule is CCN(C(=O)c1ccc2c(c1)CCN2)C(C)CN(C)C. The van der Waals surface area contributed by atoms with E-state index >= 15 is 0 Å². The Bertz CT molecular complexity index is 485. The molecule has 1 heterocycles. The van der Waals surface area contributed by atoms with Crippen LogP contribution >= 0.6 is 0 Å². The van der Waals surface area contributed by atoms with Gasteiger partial charge in [0.1, 0.15) is 0 Å². The molecule has 0 bridgehead atoms. The standard InChI is InChI=1S/C16H25N3O/c1-5-19(12(2)11-18(3)4)16(20)14-6-7-15-13(10-14)8-9-17-15/h6-7,10,12,17H,5,8-9,11H2,1-4H3. The summed E-state index contributed by atoms with van der Waals surface area (Å²) in [4.78, 5) is 16.8. The van der Waals surface area contributed by atoms with Crippen LogP contribution in [0.25, 0.3) is 0 Å². The topological polar surface area (TPSA) is 35.6 Å². The van der Waals surface area contributed by atoms with Gasteiger partial charge < -0.3 is 15.1 Å². The van der Waals surface area contributed by atoms with Crippen LogP contribution in [0.4, 0.5) is 5.69 Å². The van der Waals surface area contributed by atoms with Gasteiger partial charge in [-0.25, -0.2) is 0 Å². The van der Waals surface area contributed by atoms with Crippen molar-refractivity contribution in [1.82, 2.24) is 9.80 Å². The average Bonchev–Trinajstić information content (AvgIpc) is 2.85. The third-order valence-electron chi connectivity index (χ3n) is 3.82. The number of amides is 1. The van der Waals surface area contributed by atoms with Crippen molar-refractivity contribution in [3.63, 3.8) is 0 Å². The number of carbonyl (C=O) groups excluding carboxylic acids is 1. The molecule has 1 aliphatic heterocycles. The van der Waals surface area contributed by atoms with E-state index in [-0.39, 0.29) is 11.9 Å². The minimum absolute atomic E-state index is 0.136. The largest absolute Gasteiger partial charge is 0.384 e. The smallest absolute Gasteiger partial charge is 0.254 e. The van der Waals surface area contributed by atoms with Crippen LogP contribution in [0.5, 0.6) is 0 Å². The number of fused-ring (bicyclic) bond motifs is 1. The molecule has 0 fully saturated rings. The maximum absolute atomic E-state index is 12.7. The van der Waals surface area contributed by atoms with Crippen LogP contribution < -0.4 is 5.32 Å². The maximum atomic E-state index is 12.7. The van der Waals surface area contributed by atoms with Crippen LogP contribution in [-0.4, -0.2) is 55.5 Å². The van der Waals surface area contributed by atoms with E-state index in [0.717, 1.165) is 31.6 Å². The summed E-state index contributed by atoms with van der Waals surface area (Å²) in [5.74, 6) is 0.136. The number of likely N-dealkylation sites (N-methyl/N-ethyl adjacent to an activating group) is 2. The summed E-state index contributed by atoms with van der Waals surface area (Å²) < 4.78 is 0. The fourth-order valence-corrected chi connectivity index (χ4v) is 2.89. The molecule has 1 unspecified atom stereocenters. The van der Waals surface area contributed by atoms with Crippen LogP contribution in [0, 0.1) is 0 Å². The Labute approximate surface area is 121 Å². The van der Waals surface area contributed by atoms with E-state index in [0.29, 0.717) is 0 Å². The van der Waals surface area contributed by atoms with Crippen molar-refractivity contribution in [2.75, 3.05) is 39.0 Å². The van der Waals surface area contributed by atoms with Gasteiger partial charge in [0, 0.05) is 36.9 Å². The Balaban J connectivity index is 2.16. The molecule has 4 nitrogen and oxygen atoms in total. The van der Waals surface area contributed by atoms with Crippen LogP contribution in [0.3, 0.4) is 0 Å². The van der Waals surface area contributed by atoms with Gasteiger partial charge in [-0.3, -0.25) is 4.79 Å². The molecule has 0 aliphatic carbocycles. The van der Waals surface area contributed by atoms with Gasteiger partial charge in [0.15, 0.2) is 0 Å². The molecule has 0 saturated heterocycles. The van der Waals surface area contributed by atoms with Crippen LogP contribution in [0.15, 0.2) is 18.2 Å². The average molecular weight is 275 g/mol. The molecule has 0 spiro atoms. The molecule has 1 N–H and O–H groups in total. The summed E-state index contributed by atoms with van der Waals surface area (Å²) in [5, 5.41) is 3.33. The number of rotatable bonds is 5. The number of hydrogen-bond acceptors (Lipinski definition) is 3. The molecule has 0 aromatic heterocycles. The number of anilines is 1. The molecule has 1 amide bonds. The van der Waals surface area contributed by atoms with E-state index in [4.69, 9.17) is 0 Å². The zero-order valence-corrected chi connectivity index (χ0v) is 12.9. The number of nitrogens with one attached hydrogen (secondary N) is 1. The number of hydrogen-bond donors (Lipinski definition) is 1. The van der Waals surface area contributed by atoms with E-state index in [1.807, 2.05) is 44.1 Å². The number of nitrogens with zero attached hydrogens (tertiary/aromatic N) is 2. The molecule has 0 radical (unpaired) electrons. The van der Waals surface area contributed by atoms with Crippen molar-refractivity contribution in [3.8, 4) is 0 Å². The summed E-state index contributed by atoms with van der Waals surface area (Å²) in [5.41, 5.74) is 3.23. The van der Waals surface area contributed by atoms with Crippen LogP contribution in [-0.2, 0) is 6.42 Å². The van der Waals surface area contributed by atoms with Crippen molar-refractivity contribution in [2.45, 2.75) is 26.3 Å². The van der Waals surface area contributed by atoms with E-state index in [1.165, 1.54) is 11.3 Å². The van der Waals surface area contributed by atoms with E-state index in [2.05, 4.69) is 17.1 Å². The highest BCUT2D eigenvalue weighted by atomic mass is 16.2. The molecule has 20 heavy (non-hydrogen) atoms. The molecular weight excluding hydrogens is 250 g/mol. The van der Waals surface area contributed by atoms with E-state index in [1.54, 1.807) is 0 Å². The minimum Gasteiger partial charge on any atom is -0.384 e. The molecule has 1 atom stereocenters. The normalized spacial score (nSPS) is 14.8. The van der Waals surface area contributed by atoms with E-state index < -0.39 is 0 Å². The van der Waals surface area contributed by atoms with Crippen molar-refractivity contribution in [2.24, 2.45) is 0 Å². The van der Waals surface area contributed by atoms with Crippen molar-refractivity contribution in [3.05, 3.63) is 29.3 Å². The fraction of sp³-hybridized carbons (Fsp3) is 0.562.